The fourth-order valence-electron chi connectivity index (χ4n) is 1.10. The van der Waals surface area contributed by atoms with Crippen LogP contribution in [-0.4, -0.2) is 42.8 Å². The van der Waals surface area contributed by atoms with Gasteiger partial charge in [0.1, 0.15) is 5.60 Å². The Morgan fingerprint density at radius 3 is 2.57 bits per heavy atom. The number of nitrogens with one attached hydrogen (secondary N) is 1. The van der Waals surface area contributed by atoms with Gasteiger partial charge in [0.05, 0.1) is 0 Å². The number of carbonyl (C=O) groups excluding carboxylic acids is 1. The maximum atomic E-state index is 11.2. The van der Waals surface area contributed by atoms with E-state index in [0.717, 1.165) is 13.0 Å². The van der Waals surface area contributed by atoms with Crippen LogP contribution in [0.1, 0.15) is 27.2 Å². The van der Waals surface area contributed by atoms with Gasteiger partial charge in [0.2, 0.25) is 0 Å². The van der Waals surface area contributed by atoms with Gasteiger partial charge in [0.15, 0.2) is 0 Å². The van der Waals surface area contributed by atoms with Gasteiger partial charge in [-0.2, -0.15) is 0 Å². The number of nitrogens with zero attached hydrogens (tertiary/aromatic N) is 1. The zero-order chi connectivity index (χ0) is 10.6. The van der Waals surface area contributed by atoms with Gasteiger partial charge in [0.25, 0.3) is 0 Å². The molecule has 0 aromatic rings. The Hall–Kier alpha value is -0.770. The molecule has 0 aliphatic carbocycles. The van der Waals surface area contributed by atoms with Crippen molar-refractivity contribution in [2.75, 3.05) is 26.2 Å². The lowest BCUT2D eigenvalue weighted by atomic mass is 10.2. The van der Waals surface area contributed by atoms with Crippen LogP contribution in [-0.2, 0) is 4.74 Å². The lowest BCUT2D eigenvalue weighted by molar-refractivity contribution is 0.0527. The van der Waals surface area contributed by atoms with E-state index in [-0.39, 0.29) is 6.09 Å². The molecule has 1 N–H and O–H groups in total. The van der Waals surface area contributed by atoms with E-state index < -0.39 is 5.60 Å². The van der Waals surface area contributed by atoms with Crippen molar-refractivity contribution in [1.82, 2.24) is 10.2 Å². The highest BCUT2D eigenvalue weighted by molar-refractivity contribution is 5.67. The zero-order valence-corrected chi connectivity index (χ0v) is 9.30. The second kappa shape index (κ2) is 4.64. The van der Waals surface area contributed by atoms with Crippen LogP contribution in [0.25, 0.3) is 0 Å². The van der Waals surface area contributed by atoms with Gasteiger partial charge in [-0.3, -0.25) is 0 Å². The Morgan fingerprint density at radius 1 is 1.43 bits per heavy atom. The number of amides is 1. The molecule has 0 aromatic heterocycles. The van der Waals surface area contributed by atoms with E-state index in [1.165, 1.54) is 13.1 Å². The highest BCUT2D eigenvalue weighted by atomic mass is 16.6. The molecule has 0 atom stereocenters. The highest BCUT2D eigenvalue weighted by Gasteiger charge is 2.17. The molecule has 0 saturated carbocycles. The average molecular weight is 200 g/mol. The molecule has 1 amide bonds. The lowest BCUT2D eigenvalue weighted by Crippen LogP contribution is -2.33. The largest absolute Gasteiger partial charge is 0.444 e. The summed E-state index contributed by atoms with van der Waals surface area (Å²) in [6.45, 7) is 9.80. The van der Waals surface area contributed by atoms with Crippen LogP contribution in [0, 0.1) is 0 Å². The van der Waals surface area contributed by atoms with Gasteiger partial charge in [-0.05, 0) is 33.7 Å². The molecule has 1 heterocycles. The van der Waals surface area contributed by atoms with Crippen molar-refractivity contribution < 1.29 is 9.53 Å². The van der Waals surface area contributed by atoms with E-state index in [1.54, 1.807) is 0 Å². The van der Waals surface area contributed by atoms with E-state index >= 15 is 0 Å². The molecular formula is C10H20N2O2. The van der Waals surface area contributed by atoms with Crippen molar-refractivity contribution in [1.29, 1.82) is 0 Å². The number of carbonyl (C=O) groups is 1. The van der Waals surface area contributed by atoms with E-state index in [9.17, 15) is 4.79 Å². The van der Waals surface area contributed by atoms with Gasteiger partial charge in [0, 0.05) is 19.6 Å². The summed E-state index contributed by atoms with van der Waals surface area (Å²) in [5, 5.41) is 2.73. The number of hydrogen-bond acceptors (Lipinski definition) is 3. The predicted octanol–water partition coefficient (Wildman–Crippen LogP) is 1.22. The molecule has 1 aliphatic heterocycles. The molecule has 1 rings (SSSR count). The zero-order valence-electron chi connectivity index (χ0n) is 9.30. The van der Waals surface area contributed by atoms with E-state index in [0.29, 0.717) is 6.54 Å². The normalized spacial score (nSPS) is 16.5. The third kappa shape index (κ3) is 5.80. The minimum absolute atomic E-state index is 0.316. The number of rotatable bonds is 4. The fourth-order valence-corrected chi connectivity index (χ4v) is 1.10. The molecular weight excluding hydrogens is 180 g/mol. The van der Waals surface area contributed by atoms with Crippen LogP contribution in [0.5, 0.6) is 0 Å². The van der Waals surface area contributed by atoms with Crippen LogP contribution in [0.15, 0.2) is 0 Å². The number of hydrogen-bond donors (Lipinski definition) is 1. The number of ether oxygens (including phenoxy) is 1. The predicted molar refractivity (Wildman–Crippen MR) is 55.3 cm³/mol. The Kier molecular flexibility index (Phi) is 3.75. The van der Waals surface area contributed by atoms with Crippen molar-refractivity contribution in [3.63, 3.8) is 0 Å². The second-order valence-corrected chi connectivity index (χ2v) is 4.62. The summed E-state index contributed by atoms with van der Waals surface area (Å²) < 4.78 is 5.10. The molecule has 1 fully saturated rings. The van der Waals surface area contributed by atoms with Crippen LogP contribution in [0.4, 0.5) is 4.79 Å². The maximum Gasteiger partial charge on any atom is 0.407 e. The summed E-state index contributed by atoms with van der Waals surface area (Å²) in [7, 11) is 0. The van der Waals surface area contributed by atoms with Crippen LogP contribution >= 0.6 is 0 Å². The molecule has 1 aliphatic rings. The van der Waals surface area contributed by atoms with Gasteiger partial charge in [-0.25, -0.2) is 4.79 Å². The minimum atomic E-state index is -0.399. The van der Waals surface area contributed by atoms with Crippen LogP contribution in [0.3, 0.4) is 0 Å². The van der Waals surface area contributed by atoms with E-state index in [1.807, 2.05) is 20.8 Å². The third-order valence-corrected chi connectivity index (χ3v) is 1.86. The third-order valence-electron chi connectivity index (χ3n) is 1.86. The summed E-state index contributed by atoms with van der Waals surface area (Å²) in [6.07, 6.45) is 0.683. The van der Waals surface area contributed by atoms with E-state index in [4.69, 9.17) is 4.74 Å². The van der Waals surface area contributed by atoms with Crippen molar-refractivity contribution in [2.24, 2.45) is 0 Å². The SMILES string of the molecule is CC(C)(C)OC(=O)NCCCN1CC1. The molecule has 0 radical (unpaired) electrons. The molecule has 1 saturated heterocycles. The summed E-state index contributed by atoms with van der Waals surface area (Å²) >= 11 is 0. The Morgan fingerprint density at radius 2 is 2.07 bits per heavy atom. The second-order valence-electron chi connectivity index (χ2n) is 4.62. The van der Waals surface area contributed by atoms with Gasteiger partial charge in [-0.1, -0.05) is 0 Å². The summed E-state index contributed by atoms with van der Waals surface area (Å²) in [6, 6.07) is 0. The first-order valence-electron chi connectivity index (χ1n) is 5.16. The molecule has 0 bridgehead atoms. The van der Waals surface area contributed by atoms with Crippen molar-refractivity contribution in [2.45, 2.75) is 32.8 Å². The average Bonchev–Trinajstić information content (AvgIpc) is 2.77. The number of alkyl carbamates (subject to hydrolysis) is 1. The Labute approximate surface area is 85.6 Å². The molecule has 82 valence electrons. The van der Waals surface area contributed by atoms with Crippen molar-refractivity contribution in [3.05, 3.63) is 0 Å². The summed E-state index contributed by atoms with van der Waals surface area (Å²) in [5.41, 5.74) is -0.399. The smallest absolute Gasteiger partial charge is 0.407 e. The fraction of sp³-hybridized carbons (Fsp3) is 0.900. The van der Waals surface area contributed by atoms with Crippen LogP contribution < -0.4 is 5.32 Å². The quantitative estimate of drug-likeness (QED) is 0.548. The summed E-state index contributed by atoms with van der Waals surface area (Å²) in [4.78, 5) is 13.5. The first-order valence-corrected chi connectivity index (χ1v) is 5.16. The van der Waals surface area contributed by atoms with E-state index in [2.05, 4.69) is 10.2 Å². The van der Waals surface area contributed by atoms with Gasteiger partial charge >= 0.3 is 6.09 Å². The molecule has 4 heteroatoms. The first kappa shape index (κ1) is 11.3. The van der Waals surface area contributed by atoms with Crippen molar-refractivity contribution >= 4 is 6.09 Å². The van der Waals surface area contributed by atoms with Gasteiger partial charge in [-0.15, -0.1) is 0 Å². The standard InChI is InChI=1S/C10H20N2O2/c1-10(2,3)14-9(13)11-5-4-6-12-7-8-12/h4-8H2,1-3H3,(H,11,13). The van der Waals surface area contributed by atoms with Crippen molar-refractivity contribution in [3.8, 4) is 0 Å². The molecule has 0 spiro atoms. The Bertz CT molecular complexity index is 195. The monoisotopic (exact) mass is 200 g/mol. The topological polar surface area (TPSA) is 41.3 Å². The minimum Gasteiger partial charge on any atom is -0.444 e. The highest BCUT2D eigenvalue weighted by Crippen LogP contribution is 2.06. The summed E-state index contributed by atoms with van der Waals surface area (Å²) in [5.74, 6) is 0. The van der Waals surface area contributed by atoms with Gasteiger partial charge < -0.3 is 15.0 Å². The Balaban J connectivity index is 1.96. The lowest BCUT2D eigenvalue weighted by Gasteiger charge is -2.19. The molecule has 0 unspecified atom stereocenters. The van der Waals surface area contributed by atoms with Crippen LogP contribution in [0.2, 0.25) is 0 Å². The molecule has 4 nitrogen and oxygen atoms in total. The maximum absolute atomic E-state index is 11.2. The first-order chi connectivity index (χ1) is 6.47. The molecule has 0 aromatic carbocycles. The molecule has 14 heavy (non-hydrogen) atoms.